The standard InChI is InChI=1S/C10H17NO2.C7H12O2.C5H13NO2/c1-11(2)6-3-10(12)9-4-7-13-8-5-9;1-6(8)7-2-4-9-5-3-7;1-6(2)5(7-3)8-4/h3,6,9H,4-5,7-8H2,1-2H3;7H,2-5H2,1H3;5H,1-4H3/b6-3+;;. The van der Waals surface area contributed by atoms with Crippen molar-refractivity contribution >= 4 is 11.6 Å². The van der Waals surface area contributed by atoms with Gasteiger partial charge in [0.05, 0.1) is 0 Å². The summed E-state index contributed by atoms with van der Waals surface area (Å²) < 4.78 is 20.0. The third kappa shape index (κ3) is 13.8. The van der Waals surface area contributed by atoms with Gasteiger partial charge < -0.3 is 23.8 Å². The summed E-state index contributed by atoms with van der Waals surface area (Å²) in [5.74, 6) is 1.03. The molecule has 0 amide bonds. The Morgan fingerprint density at radius 1 is 0.867 bits per heavy atom. The Labute approximate surface area is 182 Å². The summed E-state index contributed by atoms with van der Waals surface area (Å²) >= 11 is 0. The molecule has 0 aliphatic carbocycles. The fourth-order valence-electron chi connectivity index (χ4n) is 2.96. The number of carbonyl (C=O) groups is 2. The third-order valence-corrected chi connectivity index (χ3v) is 4.78. The van der Waals surface area contributed by atoms with E-state index in [1.807, 2.05) is 38.0 Å². The quantitative estimate of drug-likeness (QED) is 0.449. The van der Waals surface area contributed by atoms with Gasteiger partial charge in [-0.2, -0.15) is 0 Å². The number of Topliss-reactive ketones (excluding diaryl/α,β-unsaturated/α-hetero) is 1. The highest BCUT2D eigenvalue weighted by Crippen LogP contribution is 2.16. The highest BCUT2D eigenvalue weighted by atomic mass is 16.7. The molecule has 2 aliphatic rings. The van der Waals surface area contributed by atoms with Crippen LogP contribution in [0.15, 0.2) is 12.3 Å². The molecule has 0 aromatic carbocycles. The lowest BCUT2D eigenvalue weighted by Crippen LogP contribution is -2.30. The Morgan fingerprint density at radius 3 is 1.57 bits per heavy atom. The maximum absolute atomic E-state index is 11.5. The number of ether oxygens (including phenoxy) is 4. The van der Waals surface area contributed by atoms with Crippen LogP contribution in [0.5, 0.6) is 0 Å². The zero-order valence-electron chi connectivity index (χ0n) is 19.9. The van der Waals surface area contributed by atoms with E-state index in [0.717, 1.165) is 52.1 Å². The number of nitrogens with zero attached hydrogens (tertiary/aromatic N) is 2. The molecule has 176 valence electrons. The largest absolute Gasteiger partial charge is 0.383 e. The molecule has 2 aliphatic heterocycles. The fraction of sp³-hybridized carbons (Fsp3) is 0.818. The predicted molar refractivity (Wildman–Crippen MR) is 117 cm³/mol. The molecule has 8 heteroatoms. The molecule has 2 heterocycles. The number of carbonyl (C=O) groups excluding carboxylic acids is 2. The summed E-state index contributed by atoms with van der Waals surface area (Å²) in [6, 6.07) is 0. The van der Waals surface area contributed by atoms with Gasteiger partial charge in [0, 0.05) is 72.8 Å². The first kappa shape index (κ1) is 28.7. The number of rotatable bonds is 7. The minimum atomic E-state index is -0.213. The molecule has 0 N–H and O–H groups in total. The fourth-order valence-corrected chi connectivity index (χ4v) is 2.96. The van der Waals surface area contributed by atoms with Crippen molar-refractivity contribution in [1.82, 2.24) is 9.80 Å². The van der Waals surface area contributed by atoms with Gasteiger partial charge in [-0.05, 0) is 52.8 Å². The van der Waals surface area contributed by atoms with Gasteiger partial charge in [0.15, 0.2) is 5.78 Å². The molecular weight excluding hydrogens is 388 g/mol. The lowest BCUT2D eigenvalue weighted by atomic mass is 9.95. The van der Waals surface area contributed by atoms with E-state index in [0.29, 0.717) is 11.7 Å². The van der Waals surface area contributed by atoms with Crippen LogP contribution in [0, 0.1) is 11.8 Å². The number of allylic oxidation sites excluding steroid dienone is 1. The van der Waals surface area contributed by atoms with Gasteiger partial charge >= 0.3 is 0 Å². The molecule has 0 bridgehead atoms. The second kappa shape index (κ2) is 17.4. The van der Waals surface area contributed by atoms with Crippen molar-refractivity contribution < 1.29 is 28.5 Å². The summed E-state index contributed by atoms with van der Waals surface area (Å²) in [5.41, 5.74) is 0. The van der Waals surface area contributed by atoms with Crippen LogP contribution in [0.1, 0.15) is 32.6 Å². The SMILES string of the molecule is CC(=O)C1CCOCC1.CN(C)/C=C/C(=O)C1CCOCC1.COC(OC)N(C)C. The van der Waals surface area contributed by atoms with Crippen LogP contribution in [0.25, 0.3) is 0 Å². The van der Waals surface area contributed by atoms with E-state index in [1.54, 1.807) is 33.4 Å². The van der Waals surface area contributed by atoms with Crippen LogP contribution in [0.3, 0.4) is 0 Å². The summed E-state index contributed by atoms with van der Waals surface area (Å²) in [6.45, 7) is 4.66. The normalized spacial score (nSPS) is 17.9. The monoisotopic (exact) mass is 430 g/mol. The summed E-state index contributed by atoms with van der Waals surface area (Å²) in [5, 5.41) is 0. The van der Waals surface area contributed by atoms with Crippen molar-refractivity contribution in [1.29, 1.82) is 0 Å². The van der Waals surface area contributed by atoms with Crippen molar-refractivity contribution in [2.45, 2.75) is 39.0 Å². The van der Waals surface area contributed by atoms with Crippen LogP contribution in [-0.2, 0) is 28.5 Å². The van der Waals surface area contributed by atoms with Crippen molar-refractivity contribution in [2.24, 2.45) is 11.8 Å². The molecule has 0 atom stereocenters. The Hall–Kier alpha value is -1.32. The molecule has 0 radical (unpaired) electrons. The molecule has 2 saturated heterocycles. The average Bonchev–Trinajstić information content (AvgIpc) is 2.75. The second-order valence-electron chi connectivity index (χ2n) is 7.81. The van der Waals surface area contributed by atoms with Gasteiger partial charge in [0.2, 0.25) is 6.41 Å². The van der Waals surface area contributed by atoms with Gasteiger partial charge in [-0.25, -0.2) is 0 Å². The van der Waals surface area contributed by atoms with Crippen LogP contribution in [0.4, 0.5) is 0 Å². The van der Waals surface area contributed by atoms with E-state index in [1.165, 1.54) is 0 Å². The van der Waals surface area contributed by atoms with Crippen molar-refractivity contribution in [3.8, 4) is 0 Å². The van der Waals surface area contributed by atoms with Gasteiger partial charge in [-0.3, -0.25) is 14.5 Å². The van der Waals surface area contributed by atoms with Gasteiger partial charge in [-0.1, -0.05) is 0 Å². The Morgan fingerprint density at radius 2 is 1.30 bits per heavy atom. The van der Waals surface area contributed by atoms with E-state index in [9.17, 15) is 9.59 Å². The smallest absolute Gasteiger partial charge is 0.217 e. The van der Waals surface area contributed by atoms with E-state index in [-0.39, 0.29) is 18.1 Å². The molecule has 0 unspecified atom stereocenters. The molecular formula is C22H42N2O6. The summed E-state index contributed by atoms with van der Waals surface area (Å²) in [4.78, 5) is 26.0. The lowest BCUT2D eigenvalue weighted by Gasteiger charge is -2.19. The molecule has 0 saturated carbocycles. The molecule has 8 nitrogen and oxygen atoms in total. The minimum Gasteiger partial charge on any atom is -0.383 e. The third-order valence-electron chi connectivity index (χ3n) is 4.78. The first-order valence-corrected chi connectivity index (χ1v) is 10.5. The Bertz CT molecular complexity index is 480. The summed E-state index contributed by atoms with van der Waals surface area (Å²) in [6.07, 6.45) is 6.85. The van der Waals surface area contributed by atoms with Gasteiger partial charge in [-0.15, -0.1) is 0 Å². The van der Waals surface area contributed by atoms with E-state index < -0.39 is 0 Å². The van der Waals surface area contributed by atoms with Crippen LogP contribution >= 0.6 is 0 Å². The molecule has 2 fully saturated rings. The molecule has 2 rings (SSSR count). The molecule has 0 spiro atoms. The zero-order valence-corrected chi connectivity index (χ0v) is 19.9. The van der Waals surface area contributed by atoms with E-state index >= 15 is 0 Å². The van der Waals surface area contributed by atoms with E-state index in [4.69, 9.17) is 18.9 Å². The maximum Gasteiger partial charge on any atom is 0.217 e. The number of methoxy groups -OCH3 is 2. The summed E-state index contributed by atoms with van der Waals surface area (Å²) in [7, 11) is 10.8. The first-order valence-electron chi connectivity index (χ1n) is 10.5. The topological polar surface area (TPSA) is 77.5 Å². The average molecular weight is 431 g/mol. The first-order chi connectivity index (χ1) is 14.2. The second-order valence-corrected chi connectivity index (χ2v) is 7.81. The number of hydrogen-bond acceptors (Lipinski definition) is 8. The van der Waals surface area contributed by atoms with E-state index in [2.05, 4.69) is 0 Å². The van der Waals surface area contributed by atoms with Crippen LogP contribution in [-0.4, -0.2) is 96.6 Å². The van der Waals surface area contributed by atoms with Gasteiger partial charge in [0.1, 0.15) is 5.78 Å². The maximum atomic E-state index is 11.5. The number of ketones is 2. The highest BCUT2D eigenvalue weighted by Gasteiger charge is 2.19. The lowest BCUT2D eigenvalue weighted by molar-refractivity contribution is -0.179. The van der Waals surface area contributed by atoms with Gasteiger partial charge in [0.25, 0.3) is 0 Å². The van der Waals surface area contributed by atoms with Crippen LogP contribution in [0.2, 0.25) is 0 Å². The molecule has 0 aromatic heterocycles. The zero-order chi connectivity index (χ0) is 22.9. The minimum absolute atomic E-state index is 0.185. The predicted octanol–water partition coefficient (Wildman–Crippen LogP) is 2.18. The van der Waals surface area contributed by atoms with Crippen molar-refractivity contribution in [2.75, 3.05) is 68.8 Å². The molecule has 30 heavy (non-hydrogen) atoms. The molecule has 0 aromatic rings. The Kier molecular flexibility index (Phi) is 16.6. The highest BCUT2D eigenvalue weighted by molar-refractivity contribution is 5.91. The van der Waals surface area contributed by atoms with Crippen molar-refractivity contribution in [3.63, 3.8) is 0 Å². The van der Waals surface area contributed by atoms with Crippen LogP contribution < -0.4 is 0 Å². The number of hydrogen-bond donors (Lipinski definition) is 0. The Balaban J connectivity index is 0.000000438. The van der Waals surface area contributed by atoms with Crippen molar-refractivity contribution in [3.05, 3.63) is 12.3 Å².